The zero-order chi connectivity index (χ0) is 9.56. The molecule has 1 heteroatoms. The fourth-order valence-corrected chi connectivity index (χ4v) is 0.964. The van der Waals surface area contributed by atoms with Crippen molar-refractivity contribution in [3.63, 3.8) is 0 Å². The second-order valence-corrected chi connectivity index (χ2v) is 4.06. The highest BCUT2D eigenvalue weighted by Gasteiger charge is 2.01. The predicted molar refractivity (Wildman–Crippen MR) is 56.4 cm³/mol. The van der Waals surface area contributed by atoms with Gasteiger partial charge in [-0.2, -0.15) is 0 Å². The number of allylic oxidation sites excluding steroid dienone is 2. The van der Waals surface area contributed by atoms with Crippen molar-refractivity contribution in [2.45, 2.75) is 39.7 Å². The first-order valence-electron chi connectivity index (χ1n) is 4.87. The summed E-state index contributed by atoms with van der Waals surface area (Å²) in [6.45, 7) is 6.70. The summed E-state index contributed by atoms with van der Waals surface area (Å²) < 4.78 is 0. The third-order valence-electron chi connectivity index (χ3n) is 2.15. The molecule has 0 N–H and O–H groups in total. The molecule has 0 saturated heterocycles. The zero-order valence-corrected chi connectivity index (χ0v) is 9.17. The van der Waals surface area contributed by atoms with Crippen LogP contribution < -0.4 is 0 Å². The third kappa shape index (κ3) is 6.41. The molecule has 0 heterocycles. The maximum atomic E-state index is 2.30. The van der Waals surface area contributed by atoms with Crippen molar-refractivity contribution in [3.8, 4) is 0 Å². The molecule has 0 spiro atoms. The Labute approximate surface area is 77.5 Å². The largest absolute Gasteiger partial charge is 0.307 e. The normalized spacial score (nSPS) is 14.9. The monoisotopic (exact) mass is 169 g/mol. The first-order chi connectivity index (χ1) is 5.54. The van der Waals surface area contributed by atoms with E-state index in [1.165, 1.54) is 12.8 Å². The van der Waals surface area contributed by atoms with E-state index in [0.29, 0.717) is 12.0 Å². The molecular weight excluding hydrogens is 146 g/mol. The fraction of sp³-hybridized carbons (Fsp3) is 0.818. The van der Waals surface area contributed by atoms with E-state index in [0.717, 1.165) is 0 Å². The quantitative estimate of drug-likeness (QED) is 0.572. The van der Waals surface area contributed by atoms with Gasteiger partial charge in [-0.3, -0.25) is 0 Å². The maximum absolute atomic E-state index is 2.30. The Kier molecular flexibility index (Phi) is 6.09. The smallest absolute Gasteiger partial charge is 0.00637 e. The maximum Gasteiger partial charge on any atom is 0.00637 e. The molecule has 0 aliphatic heterocycles. The zero-order valence-electron chi connectivity index (χ0n) is 9.17. The molecule has 1 atom stereocenters. The van der Waals surface area contributed by atoms with Gasteiger partial charge >= 0.3 is 0 Å². The van der Waals surface area contributed by atoms with Gasteiger partial charge in [0.1, 0.15) is 0 Å². The summed E-state index contributed by atoms with van der Waals surface area (Å²) >= 11 is 0. The van der Waals surface area contributed by atoms with Crippen LogP contribution in [0.1, 0.15) is 33.6 Å². The average Bonchev–Trinajstić information content (AvgIpc) is 1.97. The van der Waals surface area contributed by atoms with Gasteiger partial charge in [-0.25, -0.2) is 0 Å². The molecule has 0 aromatic rings. The highest BCUT2D eigenvalue weighted by molar-refractivity contribution is 4.85. The topological polar surface area (TPSA) is 3.24 Å². The Hall–Kier alpha value is -0.300. The van der Waals surface area contributed by atoms with Crippen molar-refractivity contribution in [2.24, 2.45) is 5.92 Å². The number of hydrogen-bond donors (Lipinski definition) is 0. The minimum absolute atomic E-state index is 0.694. The van der Waals surface area contributed by atoms with E-state index in [9.17, 15) is 0 Å². The first kappa shape index (κ1) is 11.7. The van der Waals surface area contributed by atoms with Crippen LogP contribution in [0.25, 0.3) is 0 Å². The first-order valence-corrected chi connectivity index (χ1v) is 4.87. The SMILES string of the molecule is CC(C)/C=C/CCC(C)N(C)C. The van der Waals surface area contributed by atoms with E-state index in [-0.39, 0.29) is 0 Å². The van der Waals surface area contributed by atoms with Gasteiger partial charge in [0.2, 0.25) is 0 Å². The summed E-state index contributed by atoms with van der Waals surface area (Å²) in [6.07, 6.45) is 7.04. The lowest BCUT2D eigenvalue weighted by molar-refractivity contribution is 0.300. The molecule has 0 radical (unpaired) electrons. The molecule has 1 nitrogen and oxygen atoms in total. The van der Waals surface area contributed by atoms with Crippen molar-refractivity contribution >= 4 is 0 Å². The summed E-state index contributed by atoms with van der Waals surface area (Å²) in [5, 5.41) is 0. The molecule has 0 rings (SSSR count). The molecule has 0 fully saturated rings. The molecule has 0 aromatic heterocycles. The number of hydrogen-bond acceptors (Lipinski definition) is 1. The molecular formula is C11H23N. The van der Waals surface area contributed by atoms with Crippen molar-refractivity contribution in [1.82, 2.24) is 4.90 Å². The van der Waals surface area contributed by atoms with Crippen LogP contribution in [0.15, 0.2) is 12.2 Å². The van der Waals surface area contributed by atoms with Gasteiger partial charge in [-0.15, -0.1) is 0 Å². The van der Waals surface area contributed by atoms with Gasteiger partial charge < -0.3 is 4.90 Å². The molecule has 1 unspecified atom stereocenters. The highest BCUT2D eigenvalue weighted by atomic mass is 15.1. The van der Waals surface area contributed by atoms with Gasteiger partial charge in [0.25, 0.3) is 0 Å². The Morgan fingerprint density at radius 1 is 1.17 bits per heavy atom. The van der Waals surface area contributed by atoms with Crippen LogP contribution in [0.2, 0.25) is 0 Å². The van der Waals surface area contributed by atoms with Crippen LogP contribution >= 0.6 is 0 Å². The Bertz CT molecular complexity index is 125. The average molecular weight is 169 g/mol. The van der Waals surface area contributed by atoms with Gasteiger partial charge in [-0.05, 0) is 39.8 Å². The van der Waals surface area contributed by atoms with E-state index in [4.69, 9.17) is 0 Å². The molecule has 72 valence electrons. The van der Waals surface area contributed by atoms with E-state index in [1.807, 2.05) is 0 Å². The number of nitrogens with zero attached hydrogens (tertiary/aromatic N) is 1. The van der Waals surface area contributed by atoms with Crippen molar-refractivity contribution in [1.29, 1.82) is 0 Å². The minimum Gasteiger partial charge on any atom is -0.307 e. The summed E-state index contributed by atoms with van der Waals surface area (Å²) in [5.41, 5.74) is 0. The summed E-state index contributed by atoms with van der Waals surface area (Å²) in [7, 11) is 4.27. The van der Waals surface area contributed by atoms with Crippen LogP contribution in [-0.2, 0) is 0 Å². The molecule has 12 heavy (non-hydrogen) atoms. The van der Waals surface area contributed by atoms with Gasteiger partial charge in [0.15, 0.2) is 0 Å². The van der Waals surface area contributed by atoms with E-state index in [1.54, 1.807) is 0 Å². The van der Waals surface area contributed by atoms with Crippen LogP contribution in [0.5, 0.6) is 0 Å². The van der Waals surface area contributed by atoms with Crippen molar-refractivity contribution in [2.75, 3.05) is 14.1 Å². The summed E-state index contributed by atoms with van der Waals surface area (Å²) in [5.74, 6) is 0.694. The lowest BCUT2D eigenvalue weighted by Crippen LogP contribution is -2.23. The summed E-state index contributed by atoms with van der Waals surface area (Å²) in [4.78, 5) is 2.27. The fourth-order valence-electron chi connectivity index (χ4n) is 0.964. The highest BCUT2D eigenvalue weighted by Crippen LogP contribution is 2.04. The lowest BCUT2D eigenvalue weighted by atomic mass is 10.1. The Morgan fingerprint density at radius 2 is 1.75 bits per heavy atom. The van der Waals surface area contributed by atoms with Gasteiger partial charge in [-0.1, -0.05) is 26.0 Å². The molecule has 0 saturated carbocycles. The van der Waals surface area contributed by atoms with Gasteiger partial charge in [0.05, 0.1) is 0 Å². The molecule has 0 aliphatic rings. The molecule has 0 amide bonds. The van der Waals surface area contributed by atoms with Crippen LogP contribution in [0, 0.1) is 5.92 Å². The molecule has 0 aliphatic carbocycles. The van der Waals surface area contributed by atoms with Crippen LogP contribution in [-0.4, -0.2) is 25.0 Å². The standard InChI is InChI=1S/C11H23N/c1-10(2)8-6-7-9-11(3)12(4)5/h6,8,10-11H,7,9H2,1-5H3/b8-6+. The molecule has 0 bridgehead atoms. The van der Waals surface area contributed by atoms with E-state index in [2.05, 4.69) is 51.9 Å². The minimum atomic E-state index is 0.694. The van der Waals surface area contributed by atoms with Crippen LogP contribution in [0.3, 0.4) is 0 Å². The van der Waals surface area contributed by atoms with E-state index < -0.39 is 0 Å². The third-order valence-corrected chi connectivity index (χ3v) is 2.15. The Balaban J connectivity index is 3.43. The van der Waals surface area contributed by atoms with Crippen molar-refractivity contribution in [3.05, 3.63) is 12.2 Å². The number of rotatable bonds is 5. The molecule has 0 aromatic carbocycles. The Morgan fingerprint density at radius 3 is 2.17 bits per heavy atom. The van der Waals surface area contributed by atoms with Crippen molar-refractivity contribution < 1.29 is 0 Å². The predicted octanol–water partition coefficient (Wildman–Crippen LogP) is 2.93. The second-order valence-electron chi connectivity index (χ2n) is 4.06. The van der Waals surface area contributed by atoms with E-state index >= 15 is 0 Å². The van der Waals surface area contributed by atoms with Crippen LogP contribution in [0.4, 0.5) is 0 Å². The summed E-state index contributed by atoms with van der Waals surface area (Å²) in [6, 6.07) is 0.696. The lowest BCUT2D eigenvalue weighted by Gasteiger charge is -2.18. The second kappa shape index (κ2) is 6.24. The van der Waals surface area contributed by atoms with Gasteiger partial charge in [0, 0.05) is 6.04 Å².